The molecule has 1 aliphatic rings. The number of carbonyl (C=O) groups excluding carboxylic acids is 1. The van der Waals surface area contributed by atoms with Crippen LogP contribution in [0.3, 0.4) is 0 Å². The van der Waals surface area contributed by atoms with E-state index in [1.165, 1.54) is 5.56 Å². The Morgan fingerprint density at radius 3 is 2.45 bits per heavy atom. The van der Waals surface area contributed by atoms with Gasteiger partial charge in [-0.05, 0) is 43.8 Å². The summed E-state index contributed by atoms with van der Waals surface area (Å²) < 4.78 is 0. The first-order chi connectivity index (χ1) is 9.72. The van der Waals surface area contributed by atoms with Crippen molar-refractivity contribution < 1.29 is 9.90 Å². The molecule has 0 spiro atoms. The van der Waals surface area contributed by atoms with Gasteiger partial charge in [-0.15, -0.1) is 0 Å². The lowest BCUT2D eigenvalue weighted by Crippen LogP contribution is -2.38. The lowest BCUT2D eigenvalue weighted by molar-refractivity contribution is 0.0864. The number of aliphatic hydroxyl groups is 1. The van der Waals surface area contributed by atoms with Crippen LogP contribution in [0.2, 0.25) is 0 Å². The van der Waals surface area contributed by atoms with Crippen LogP contribution in [0.15, 0.2) is 24.3 Å². The van der Waals surface area contributed by atoms with Crippen LogP contribution in [0.5, 0.6) is 0 Å². The van der Waals surface area contributed by atoms with Crippen molar-refractivity contribution in [3.05, 3.63) is 35.4 Å². The number of aryl methyl sites for hydroxylation is 1. The molecular formula is C17H25NO2. The van der Waals surface area contributed by atoms with Crippen LogP contribution >= 0.6 is 0 Å². The fourth-order valence-corrected chi connectivity index (χ4v) is 2.77. The van der Waals surface area contributed by atoms with Crippen molar-refractivity contribution in [3.8, 4) is 0 Å². The summed E-state index contributed by atoms with van der Waals surface area (Å²) in [5.41, 5.74) is 2.11. The summed E-state index contributed by atoms with van der Waals surface area (Å²) in [5.74, 6) is 0.630. The fourth-order valence-electron chi connectivity index (χ4n) is 2.77. The number of aliphatic hydroxyl groups excluding tert-OH is 1. The number of hydrogen-bond donors (Lipinski definition) is 1. The Balaban J connectivity index is 1.85. The number of ketones is 1. The van der Waals surface area contributed by atoms with Gasteiger partial charge in [-0.1, -0.05) is 37.6 Å². The van der Waals surface area contributed by atoms with Crippen molar-refractivity contribution in [1.29, 1.82) is 0 Å². The Hall–Kier alpha value is -1.19. The molecule has 1 aromatic carbocycles. The highest BCUT2D eigenvalue weighted by Crippen LogP contribution is 2.17. The van der Waals surface area contributed by atoms with E-state index in [4.69, 9.17) is 5.11 Å². The first-order valence-corrected chi connectivity index (χ1v) is 7.68. The molecule has 0 aliphatic carbocycles. The highest BCUT2D eigenvalue weighted by atomic mass is 16.3. The maximum Gasteiger partial charge on any atom is 0.176 e. The molecule has 1 heterocycles. The van der Waals surface area contributed by atoms with E-state index in [1.54, 1.807) is 0 Å². The third-order valence-electron chi connectivity index (χ3n) is 4.15. The van der Waals surface area contributed by atoms with Gasteiger partial charge in [-0.25, -0.2) is 0 Å². The van der Waals surface area contributed by atoms with Gasteiger partial charge in [0.25, 0.3) is 0 Å². The van der Waals surface area contributed by atoms with Gasteiger partial charge < -0.3 is 5.11 Å². The topological polar surface area (TPSA) is 40.5 Å². The molecule has 1 fully saturated rings. The number of nitrogens with zero attached hydrogens (tertiary/aromatic N) is 1. The van der Waals surface area contributed by atoms with E-state index in [9.17, 15) is 4.79 Å². The molecule has 1 aliphatic heterocycles. The van der Waals surface area contributed by atoms with Gasteiger partial charge in [0, 0.05) is 12.2 Å². The number of benzene rings is 1. The fraction of sp³-hybridized carbons (Fsp3) is 0.588. The van der Waals surface area contributed by atoms with Crippen molar-refractivity contribution in [2.45, 2.75) is 32.6 Å². The molecular weight excluding hydrogens is 250 g/mol. The molecule has 1 aromatic rings. The molecule has 0 amide bonds. The molecule has 3 nitrogen and oxygen atoms in total. The molecule has 0 saturated carbocycles. The average Bonchev–Trinajstić information content (AvgIpc) is 2.49. The average molecular weight is 275 g/mol. The Morgan fingerprint density at radius 1 is 1.25 bits per heavy atom. The van der Waals surface area contributed by atoms with Crippen molar-refractivity contribution in [3.63, 3.8) is 0 Å². The van der Waals surface area contributed by atoms with Crippen LogP contribution in [0.25, 0.3) is 0 Å². The van der Waals surface area contributed by atoms with E-state index >= 15 is 0 Å². The minimum atomic E-state index is 0.204. The zero-order valence-corrected chi connectivity index (χ0v) is 12.3. The second-order valence-corrected chi connectivity index (χ2v) is 5.77. The van der Waals surface area contributed by atoms with Gasteiger partial charge in [0.15, 0.2) is 5.78 Å². The lowest BCUT2D eigenvalue weighted by atomic mass is 9.97. The standard InChI is InChI=1S/C17H25NO2/c1-2-3-14-4-6-16(7-5-14)17(20)12-18-10-8-15(13-19)9-11-18/h4-7,15,19H,2-3,8-13H2,1H3. The third-order valence-corrected chi connectivity index (χ3v) is 4.15. The van der Waals surface area contributed by atoms with Crippen LogP contribution in [0, 0.1) is 5.92 Å². The predicted molar refractivity (Wildman–Crippen MR) is 81.0 cm³/mol. The molecule has 1 N–H and O–H groups in total. The van der Waals surface area contributed by atoms with Gasteiger partial charge >= 0.3 is 0 Å². The van der Waals surface area contributed by atoms with Crippen molar-refractivity contribution in [2.75, 3.05) is 26.2 Å². The quantitative estimate of drug-likeness (QED) is 0.811. The first kappa shape index (κ1) is 15.2. The molecule has 0 aromatic heterocycles. The first-order valence-electron chi connectivity index (χ1n) is 7.68. The SMILES string of the molecule is CCCc1ccc(C(=O)CN2CCC(CO)CC2)cc1. The number of hydrogen-bond acceptors (Lipinski definition) is 3. The van der Waals surface area contributed by atoms with E-state index in [2.05, 4.69) is 24.0 Å². The Bertz CT molecular complexity index is 419. The monoisotopic (exact) mass is 275 g/mol. The van der Waals surface area contributed by atoms with Crippen LogP contribution in [0.1, 0.15) is 42.1 Å². The van der Waals surface area contributed by atoms with Crippen molar-refractivity contribution in [2.24, 2.45) is 5.92 Å². The Morgan fingerprint density at radius 2 is 1.90 bits per heavy atom. The van der Waals surface area contributed by atoms with Crippen LogP contribution < -0.4 is 0 Å². The summed E-state index contributed by atoms with van der Waals surface area (Å²) in [6, 6.07) is 8.03. The molecule has 2 rings (SSSR count). The summed E-state index contributed by atoms with van der Waals surface area (Å²) in [6.07, 6.45) is 4.20. The second kappa shape index (κ2) is 7.55. The van der Waals surface area contributed by atoms with Crippen LogP contribution in [-0.2, 0) is 6.42 Å². The number of rotatable bonds is 6. The molecule has 0 unspecified atom stereocenters. The predicted octanol–water partition coefficient (Wildman–Crippen LogP) is 2.53. The van der Waals surface area contributed by atoms with Gasteiger partial charge in [0.05, 0.1) is 6.54 Å². The molecule has 20 heavy (non-hydrogen) atoms. The minimum Gasteiger partial charge on any atom is -0.396 e. The van der Waals surface area contributed by atoms with Gasteiger partial charge in [0.1, 0.15) is 0 Å². The minimum absolute atomic E-state index is 0.204. The van der Waals surface area contributed by atoms with E-state index in [-0.39, 0.29) is 12.4 Å². The zero-order chi connectivity index (χ0) is 14.4. The number of carbonyl (C=O) groups is 1. The molecule has 0 atom stereocenters. The Kier molecular flexibility index (Phi) is 5.74. The van der Waals surface area contributed by atoms with Gasteiger partial charge in [0.2, 0.25) is 0 Å². The molecule has 0 radical (unpaired) electrons. The highest BCUT2D eigenvalue weighted by Gasteiger charge is 2.20. The lowest BCUT2D eigenvalue weighted by Gasteiger charge is -2.30. The largest absolute Gasteiger partial charge is 0.396 e. The van der Waals surface area contributed by atoms with Gasteiger partial charge in [-0.2, -0.15) is 0 Å². The molecule has 0 bridgehead atoms. The number of piperidine rings is 1. The summed E-state index contributed by atoms with van der Waals surface area (Å²) in [5, 5.41) is 9.12. The number of likely N-dealkylation sites (tertiary alicyclic amines) is 1. The maximum atomic E-state index is 12.2. The number of Topliss-reactive ketones (excluding diaryl/α,β-unsaturated/α-hetero) is 1. The smallest absolute Gasteiger partial charge is 0.176 e. The van der Waals surface area contributed by atoms with Crippen molar-refractivity contribution in [1.82, 2.24) is 4.90 Å². The van der Waals surface area contributed by atoms with E-state index in [1.807, 2.05) is 12.1 Å². The zero-order valence-electron chi connectivity index (χ0n) is 12.3. The summed E-state index contributed by atoms with van der Waals surface area (Å²) in [4.78, 5) is 14.4. The molecule has 110 valence electrons. The van der Waals surface area contributed by atoms with E-state index in [0.717, 1.165) is 44.3 Å². The van der Waals surface area contributed by atoms with E-state index < -0.39 is 0 Å². The molecule has 1 saturated heterocycles. The highest BCUT2D eigenvalue weighted by molar-refractivity contribution is 5.97. The van der Waals surface area contributed by atoms with Crippen molar-refractivity contribution >= 4 is 5.78 Å². The summed E-state index contributed by atoms with van der Waals surface area (Å²) >= 11 is 0. The molecule has 3 heteroatoms. The van der Waals surface area contributed by atoms with Crippen LogP contribution in [-0.4, -0.2) is 42.0 Å². The maximum absolute atomic E-state index is 12.2. The third kappa shape index (κ3) is 4.15. The van der Waals surface area contributed by atoms with E-state index in [0.29, 0.717) is 12.5 Å². The Labute approximate surface area is 121 Å². The van der Waals surface area contributed by atoms with Gasteiger partial charge in [-0.3, -0.25) is 9.69 Å². The summed E-state index contributed by atoms with van der Waals surface area (Å²) in [6.45, 7) is 4.79. The second-order valence-electron chi connectivity index (χ2n) is 5.77. The summed E-state index contributed by atoms with van der Waals surface area (Å²) in [7, 11) is 0. The normalized spacial score (nSPS) is 17.3. The van der Waals surface area contributed by atoms with Crippen LogP contribution in [0.4, 0.5) is 0 Å².